The number of aromatic nitrogens is 5. The summed E-state index contributed by atoms with van der Waals surface area (Å²) >= 11 is 0. The van der Waals surface area contributed by atoms with Gasteiger partial charge in [0.1, 0.15) is 12.9 Å². The first-order valence-corrected chi connectivity index (χ1v) is 6.57. The van der Waals surface area contributed by atoms with E-state index in [1.54, 1.807) is 18.2 Å². The van der Waals surface area contributed by atoms with E-state index in [4.69, 9.17) is 5.73 Å². The Labute approximate surface area is 129 Å². The number of benzene rings is 1. The van der Waals surface area contributed by atoms with Gasteiger partial charge >= 0.3 is 6.09 Å². The van der Waals surface area contributed by atoms with Crippen molar-refractivity contribution in [2.45, 2.75) is 6.54 Å². The highest BCUT2D eigenvalue weighted by Crippen LogP contribution is 2.16. The van der Waals surface area contributed by atoms with Gasteiger partial charge in [-0.1, -0.05) is 0 Å². The molecule has 0 fully saturated rings. The minimum atomic E-state index is -0.665. The van der Waals surface area contributed by atoms with Crippen LogP contribution in [0.1, 0.15) is 4.79 Å². The molecule has 0 aliphatic heterocycles. The number of fused-ring (bicyclic) bond motifs is 1. The molecule has 2 heterocycles. The molecule has 0 saturated carbocycles. The van der Waals surface area contributed by atoms with E-state index in [-0.39, 0.29) is 18.3 Å². The number of amides is 1. The molecule has 0 unspecified atom stereocenters. The van der Waals surface area contributed by atoms with Gasteiger partial charge in [0, 0.05) is 5.69 Å². The minimum absolute atomic E-state index is 0.112. The predicted molar refractivity (Wildman–Crippen MR) is 80.8 cm³/mol. The highest BCUT2D eigenvalue weighted by atomic mass is 16.5. The Balaban J connectivity index is 1.77. The molecule has 23 heavy (non-hydrogen) atoms. The van der Waals surface area contributed by atoms with Gasteiger partial charge in [-0.3, -0.25) is 14.7 Å². The van der Waals surface area contributed by atoms with Gasteiger partial charge in [0.2, 0.25) is 0 Å². The Morgan fingerprint density at radius 1 is 1.39 bits per heavy atom. The number of methoxy groups -OCH3 is 1. The highest BCUT2D eigenvalue weighted by Gasteiger charge is 2.13. The van der Waals surface area contributed by atoms with Crippen LogP contribution < -0.4 is 11.1 Å². The lowest BCUT2D eigenvalue weighted by Crippen LogP contribution is -2.19. The number of anilines is 2. The summed E-state index contributed by atoms with van der Waals surface area (Å²) in [5.74, 6) is -0.0922. The number of imidazole rings is 1. The van der Waals surface area contributed by atoms with Crippen molar-refractivity contribution in [3.05, 3.63) is 30.7 Å². The van der Waals surface area contributed by atoms with Crippen molar-refractivity contribution in [1.82, 2.24) is 24.5 Å². The summed E-state index contributed by atoms with van der Waals surface area (Å²) < 4.78 is 5.84. The smallest absolute Gasteiger partial charge is 0.412 e. The lowest BCUT2D eigenvalue weighted by molar-refractivity contribution is 0.0885. The van der Waals surface area contributed by atoms with Crippen LogP contribution in [0.4, 0.5) is 16.3 Å². The summed E-state index contributed by atoms with van der Waals surface area (Å²) in [6.07, 6.45) is 2.07. The van der Waals surface area contributed by atoms with E-state index in [1.807, 2.05) is 0 Å². The summed E-state index contributed by atoms with van der Waals surface area (Å²) in [7, 11) is 1.24. The highest BCUT2D eigenvalue weighted by molar-refractivity contribution is 5.91. The number of carbonyl (C=O) groups is 2. The molecular weight excluding hydrogens is 302 g/mol. The van der Waals surface area contributed by atoms with Crippen LogP contribution in [0.2, 0.25) is 0 Å². The van der Waals surface area contributed by atoms with Crippen LogP contribution in [0.25, 0.3) is 11.0 Å². The van der Waals surface area contributed by atoms with E-state index in [0.29, 0.717) is 16.7 Å². The zero-order valence-corrected chi connectivity index (χ0v) is 12.1. The average molecular weight is 315 g/mol. The van der Waals surface area contributed by atoms with Crippen molar-refractivity contribution in [2.75, 3.05) is 18.2 Å². The quantitative estimate of drug-likeness (QED) is 0.681. The fraction of sp³-hybridized carbons (Fsp3) is 0.154. The van der Waals surface area contributed by atoms with Gasteiger partial charge in [-0.2, -0.15) is 9.90 Å². The van der Waals surface area contributed by atoms with Gasteiger partial charge in [-0.05, 0) is 18.2 Å². The molecule has 0 aliphatic carbocycles. The lowest BCUT2D eigenvalue weighted by atomic mass is 10.3. The van der Waals surface area contributed by atoms with E-state index in [9.17, 15) is 9.59 Å². The maximum absolute atomic E-state index is 12.3. The first kappa shape index (κ1) is 14.5. The first-order chi connectivity index (χ1) is 11.1. The maximum Gasteiger partial charge on any atom is 0.412 e. The molecule has 3 rings (SSSR count). The first-order valence-electron chi connectivity index (χ1n) is 6.57. The molecule has 2 aromatic heterocycles. The molecule has 3 aromatic rings. The van der Waals surface area contributed by atoms with Crippen LogP contribution in [0, 0.1) is 0 Å². The van der Waals surface area contributed by atoms with Gasteiger partial charge < -0.3 is 10.5 Å². The third-order valence-corrected chi connectivity index (χ3v) is 3.07. The van der Waals surface area contributed by atoms with Gasteiger partial charge in [0.25, 0.3) is 5.91 Å². The van der Waals surface area contributed by atoms with Gasteiger partial charge in [-0.25, -0.2) is 9.78 Å². The Morgan fingerprint density at radius 2 is 2.22 bits per heavy atom. The van der Waals surface area contributed by atoms with Crippen molar-refractivity contribution in [1.29, 1.82) is 0 Å². The minimum Gasteiger partial charge on any atom is -0.453 e. The fourth-order valence-corrected chi connectivity index (χ4v) is 2.01. The topological polar surface area (TPSA) is 130 Å². The number of ether oxygens (including phenoxy) is 1. The summed E-state index contributed by atoms with van der Waals surface area (Å²) in [5, 5.41) is 10.2. The van der Waals surface area contributed by atoms with Crippen LogP contribution in [-0.4, -0.2) is 43.7 Å². The molecule has 0 radical (unpaired) electrons. The van der Waals surface area contributed by atoms with Crippen molar-refractivity contribution in [3.8, 4) is 0 Å². The van der Waals surface area contributed by atoms with Gasteiger partial charge in [0.15, 0.2) is 5.82 Å². The monoisotopic (exact) mass is 315 g/mol. The Hall–Kier alpha value is -3.43. The second-order valence-corrected chi connectivity index (χ2v) is 4.63. The van der Waals surface area contributed by atoms with Crippen molar-refractivity contribution in [2.24, 2.45) is 0 Å². The fourth-order valence-electron chi connectivity index (χ4n) is 2.01. The molecule has 1 amide bonds. The van der Waals surface area contributed by atoms with E-state index < -0.39 is 6.09 Å². The molecule has 0 bridgehead atoms. The molecule has 0 saturated heterocycles. The van der Waals surface area contributed by atoms with Crippen LogP contribution in [-0.2, 0) is 11.3 Å². The number of hydrogen-bond acceptors (Lipinski definition) is 7. The van der Waals surface area contributed by atoms with Crippen LogP contribution in [0.15, 0.2) is 30.7 Å². The number of carbonyl (C=O) groups excluding carboxylic acids is 2. The Morgan fingerprint density at radius 3 is 3.00 bits per heavy atom. The van der Waals surface area contributed by atoms with Crippen LogP contribution >= 0.6 is 0 Å². The van der Waals surface area contributed by atoms with Crippen LogP contribution in [0.3, 0.4) is 0 Å². The van der Waals surface area contributed by atoms with Crippen molar-refractivity contribution < 1.29 is 14.3 Å². The molecule has 10 heteroatoms. The third kappa shape index (κ3) is 2.95. The molecule has 0 atom stereocenters. The molecule has 3 N–H and O–H groups in total. The number of nitrogens with zero attached hydrogens (tertiary/aromatic N) is 5. The average Bonchev–Trinajstić information content (AvgIpc) is 3.13. The third-order valence-electron chi connectivity index (χ3n) is 3.07. The molecule has 0 aliphatic rings. The zero-order chi connectivity index (χ0) is 16.4. The second-order valence-electron chi connectivity index (χ2n) is 4.63. The molecule has 118 valence electrons. The van der Waals surface area contributed by atoms with E-state index in [2.05, 4.69) is 25.2 Å². The number of rotatable bonds is 3. The predicted octanol–water partition coefficient (Wildman–Crippen LogP) is 0.729. The summed E-state index contributed by atoms with van der Waals surface area (Å²) in [6, 6.07) is 5.10. The summed E-state index contributed by atoms with van der Waals surface area (Å²) in [6.45, 7) is -0.112. The summed E-state index contributed by atoms with van der Waals surface area (Å²) in [4.78, 5) is 28.7. The van der Waals surface area contributed by atoms with E-state index in [0.717, 1.165) is 4.80 Å². The largest absolute Gasteiger partial charge is 0.453 e. The normalized spacial score (nSPS) is 10.7. The SMILES string of the molecule is COC(=O)Nc1cnn(CC(=O)n2cnc3cc(N)ccc32)n1. The Kier molecular flexibility index (Phi) is 3.63. The van der Waals surface area contributed by atoms with Crippen molar-refractivity contribution in [3.63, 3.8) is 0 Å². The lowest BCUT2D eigenvalue weighted by Gasteiger charge is -2.03. The van der Waals surface area contributed by atoms with Gasteiger partial charge in [0.05, 0.1) is 24.3 Å². The van der Waals surface area contributed by atoms with Crippen LogP contribution in [0.5, 0.6) is 0 Å². The maximum atomic E-state index is 12.3. The zero-order valence-electron chi connectivity index (χ0n) is 12.1. The number of nitrogens with one attached hydrogen (secondary N) is 1. The van der Waals surface area contributed by atoms with E-state index >= 15 is 0 Å². The number of nitrogens with two attached hydrogens (primary N) is 1. The number of nitrogen functional groups attached to an aromatic ring is 1. The number of hydrogen-bond donors (Lipinski definition) is 2. The van der Waals surface area contributed by atoms with E-state index in [1.165, 1.54) is 24.2 Å². The molecular formula is C13H13N7O3. The standard InChI is InChI=1S/C13H13N7O3/c1-23-13(22)17-11-5-16-20(18-11)6-12(21)19-7-15-9-4-8(14)2-3-10(9)19/h2-5,7H,6,14H2,1H3,(H,17,18,22). The summed E-state index contributed by atoms with van der Waals surface area (Å²) in [5.41, 5.74) is 7.52. The second kappa shape index (κ2) is 5.75. The Bertz CT molecular complexity index is 883. The molecule has 0 spiro atoms. The molecule has 1 aromatic carbocycles. The molecule has 10 nitrogen and oxygen atoms in total. The van der Waals surface area contributed by atoms with Gasteiger partial charge in [-0.15, -0.1) is 5.10 Å². The van der Waals surface area contributed by atoms with Crippen molar-refractivity contribution >= 4 is 34.5 Å².